The van der Waals surface area contributed by atoms with E-state index in [1.54, 1.807) is 141 Å². The van der Waals surface area contributed by atoms with Gasteiger partial charge < -0.3 is 53.3 Å². The van der Waals surface area contributed by atoms with Crippen LogP contribution in [0, 0.1) is 61.2 Å². The molecule has 2 atom stereocenters. The Kier molecular flexibility index (Phi) is 31.1. The zero-order valence-corrected chi connectivity index (χ0v) is 59.6. The number of amides is 1. The normalized spacial score (nSPS) is 11.7. The second kappa shape index (κ2) is 37.7. The molecule has 2 unspecified atom stereocenters. The number of aromatic nitrogens is 4. The topological polar surface area (TPSA) is 243 Å². The van der Waals surface area contributed by atoms with Crippen LogP contribution in [0.25, 0.3) is 16.2 Å². The van der Waals surface area contributed by atoms with Gasteiger partial charge in [-0.25, -0.2) is 32.2 Å². The number of carboxylic acids is 1. The minimum atomic E-state index is -1.29. The molecule has 0 aliphatic heterocycles. The van der Waals surface area contributed by atoms with E-state index in [0.29, 0.717) is 85.2 Å². The molecular weight excluding hydrogens is 1330 g/mol. The summed E-state index contributed by atoms with van der Waals surface area (Å²) in [5, 5.41) is 49.8. The fraction of sp³-hybridized carbons (Fsp3) is 0.192. The monoisotopic (exact) mass is 1400 g/mol. The van der Waals surface area contributed by atoms with Crippen LogP contribution in [0.1, 0.15) is 95.6 Å². The Balaban J connectivity index is 0.000000263. The van der Waals surface area contributed by atoms with Gasteiger partial charge in [0, 0.05) is 16.9 Å². The number of carbonyl (C=O) groups excluding carboxylic acids is 2. The number of nitriles is 1. The predicted molar refractivity (Wildman–Crippen MR) is 374 cm³/mol. The van der Waals surface area contributed by atoms with Crippen molar-refractivity contribution in [3.8, 4) is 17.4 Å². The minimum Gasteiger partial charge on any atom is -1.00 e. The summed E-state index contributed by atoms with van der Waals surface area (Å²) in [4.78, 5) is 37.5. The maximum atomic E-state index is 13.5. The third-order valence-electron chi connectivity index (χ3n) is 13.9. The van der Waals surface area contributed by atoms with Gasteiger partial charge in [-0.1, -0.05) is 124 Å². The van der Waals surface area contributed by atoms with Crippen molar-refractivity contribution in [2.24, 2.45) is 11.7 Å². The Morgan fingerprint density at radius 3 is 1.65 bits per heavy atom. The van der Waals surface area contributed by atoms with E-state index in [4.69, 9.17) is 28.4 Å². The number of aryl methyl sites for hydroxylation is 2. The average Bonchev–Trinajstić information content (AvgIpc) is 1.81. The van der Waals surface area contributed by atoms with Crippen molar-refractivity contribution in [3.05, 3.63) is 297 Å². The molecule has 1 aliphatic rings. The van der Waals surface area contributed by atoms with Gasteiger partial charge in [-0.2, -0.15) is 45.8 Å². The molecule has 23 heteroatoms. The van der Waals surface area contributed by atoms with Crippen molar-refractivity contribution in [2.45, 2.75) is 78.2 Å². The van der Waals surface area contributed by atoms with E-state index < -0.39 is 46.4 Å². The van der Waals surface area contributed by atoms with Gasteiger partial charge in [0.05, 0.1) is 41.0 Å². The predicted octanol–water partition coefficient (Wildman–Crippen LogP) is 12.0. The Bertz CT molecular complexity index is 4210. The molecule has 492 valence electrons. The standard InChI is InChI=1S/C25H19FN4O2.C13H12FNO.C12H9N3O2.C12H22NSi2.C7H5FO.C4H9N.BrH.Mg/c1-16-12-23(30(29-16)22-11-5-9-20(15-22)27-2)25(32)28-21-10-4-7-18(14-21)24(31)17-6-3-8-19(26)13-17;14-11-5-1-3-9(7-11)13(16)10-4-2-6-12(15)8-10;1-8-5-11(12(16)17)15(14-8)10-4-2-3-9(6-10)7-13;1-14(2,3)13(15(4,5)6)12-10-8-7-9-11-12;8-7-3-1-2-6(4-7)5-9;5-3-4-1-2-4;;/h3-15,24,31H,1H3,(H,28,32);1-8,13,16H,15H2;2-6H,1H3,(H,16,17);7-8,10-11H,1-6H3;1-5H;4H,1-3,5H2;1H;/q;;;-1;;;;+2/p-1. The molecule has 1 fully saturated rings. The van der Waals surface area contributed by atoms with Crippen LogP contribution in [-0.4, -0.2) is 99.1 Å². The number of aliphatic hydroxyl groups is 2. The molecular formula is C73H76BrF3MgN10O6Si2. The second-order valence-electron chi connectivity index (χ2n) is 23.7. The number of benzene rings is 8. The van der Waals surface area contributed by atoms with Crippen LogP contribution in [0.3, 0.4) is 0 Å². The summed E-state index contributed by atoms with van der Waals surface area (Å²) in [6.45, 7) is 26.1. The van der Waals surface area contributed by atoms with Crippen molar-refractivity contribution in [1.29, 1.82) is 5.26 Å². The Hall–Kier alpha value is -9.28. The molecule has 2 aromatic heterocycles. The number of aldehydes is 1. The Morgan fingerprint density at radius 2 is 1.19 bits per heavy atom. The first kappa shape index (κ1) is 79.2. The van der Waals surface area contributed by atoms with E-state index in [1.807, 2.05) is 12.1 Å². The van der Waals surface area contributed by atoms with Crippen LogP contribution in [0.5, 0.6) is 0 Å². The second-order valence-corrected chi connectivity index (χ2v) is 33.7. The third kappa shape index (κ3) is 24.5. The summed E-state index contributed by atoms with van der Waals surface area (Å²) < 4.78 is 44.2. The number of nitrogens with two attached hydrogens (primary N) is 2. The van der Waals surface area contributed by atoms with E-state index in [9.17, 15) is 37.8 Å². The number of nitrogen functional groups attached to an aromatic ring is 1. The van der Waals surface area contributed by atoms with Crippen molar-refractivity contribution >= 4 is 80.4 Å². The minimum absolute atomic E-state index is 0. The number of anilines is 3. The quantitative estimate of drug-likeness (QED) is 0.0258. The summed E-state index contributed by atoms with van der Waals surface area (Å²) in [6, 6.07) is 61.1. The summed E-state index contributed by atoms with van der Waals surface area (Å²) in [5.41, 5.74) is 19.5. The average molecular weight is 1410 g/mol. The molecule has 0 bridgehead atoms. The third-order valence-corrected chi connectivity index (χ3v) is 21.1. The van der Waals surface area contributed by atoms with E-state index in [0.717, 1.165) is 12.5 Å². The SMILES string of the molecule is C[Si](C)(C)N(c1c[c-]ccc1)[Si](C)(C)C.Cc1cc(C(=O)O)n(-c2cccc(C#N)c2)n1.NCC1CC1.Nc1cccc(C(O)c2cccc(F)c2)c1.O=Cc1cccc(F)c1.[Br-].[C-]#[N+]c1cccc(-n2nc(C)cc2C(=O)Nc2cccc(C(O)c3cccc(F)c3)c2)c1.[Mg+2]. The molecule has 8 aromatic carbocycles. The number of aliphatic hydroxyl groups excluding tert-OH is 2. The molecule has 1 saturated carbocycles. The van der Waals surface area contributed by atoms with Crippen molar-refractivity contribution in [1.82, 2.24) is 19.6 Å². The van der Waals surface area contributed by atoms with Gasteiger partial charge in [-0.3, -0.25) is 9.59 Å². The first-order valence-corrected chi connectivity index (χ1v) is 36.8. The summed E-state index contributed by atoms with van der Waals surface area (Å²) in [7, 11) is -2.58. The molecule has 8 N–H and O–H groups in total. The number of halogens is 4. The van der Waals surface area contributed by atoms with Gasteiger partial charge in [0.25, 0.3) is 5.91 Å². The number of rotatable bonds is 14. The number of nitrogens with one attached hydrogen (secondary N) is 1. The molecule has 16 nitrogen and oxygen atoms in total. The molecule has 2 heterocycles. The van der Waals surface area contributed by atoms with Crippen LogP contribution in [0.2, 0.25) is 39.3 Å². The number of aromatic carboxylic acids is 1. The Labute approximate surface area is 587 Å². The fourth-order valence-corrected chi connectivity index (χ4v) is 19.7. The van der Waals surface area contributed by atoms with E-state index in [-0.39, 0.29) is 57.4 Å². The molecule has 0 spiro atoms. The van der Waals surface area contributed by atoms with Gasteiger partial charge >= 0.3 is 29.0 Å². The summed E-state index contributed by atoms with van der Waals surface area (Å²) >= 11 is 0. The summed E-state index contributed by atoms with van der Waals surface area (Å²) in [5.74, 6) is -1.70. The van der Waals surface area contributed by atoms with Gasteiger partial charge in [0.1, 0.15) is 58.1 Å². The van der Waals surface area contributed by atoms with Crippen LogP contribution in [-0.2, 0) is 0 Å². The molecule has 96 heavy (non-hydrogen) atoms. The molecule has 1 amide bonds. The number of carboxylic acid groups (broad SMARTS) is 1. The zero-order valence-electron chi connectivity index (χ0n) is 54.6. The van der Waals surface area contributed by atoms with Crippen LogP contribution < -0.4 is 38.0 Å². The molecule has 0 radical (unpaired) electrons. The van der Waals surface area contributed by atoms with E-state index in [2.05, 4.69) is 88.1 Å². The van der Waals surface area contributed by atoms with Gasteiger partial charge in [-0.15, -0.1) is 0 Å². The molecule has 0 saturated heterocycles. The number of carbonyl (C=O) groups is 3. The maximum Gasteiger partial charge on any atom is 2.00 e. The van der Waals surface area contributed by atoms with Crippen LogP contribution in [0.15, 0.2) is 206 Å². The largest absolute Gasteiger partial charge is 2.00 e. The number of hydrogen-bond acceptors (Lipinski definition) is 11. The zero-order chi connectivity index (χ0) is 68.7. The summed E-state index contributed by atoms with van der Waals surface area (Å²) in [6.07, 6.45) is 1.50. The van der Waals surface area contributed by atoms with Gasteiger partial charge in [0.2, 0.25) is 0 Å². The van der Waals surface area contributed by atoms with Crippen LogP contribution >= 0.6 is 0 Å². The van der Waals surface area contributed by atoms with E-state index >= 15 is 0 Å². The van der Waals surface area contributed by atoms with Crippen molar-refractivity contribution in [3.63, 3.8) is 0 Å². The number of nitrogens with zero attached hydrogens (tertiary/aromatic N) is 7. The maximum absolute atomic E-state index is 13.5. The molecule has 10 aromatic rings. The van der Waals surface area contributed by atoms with Crippen molar-refractivity contribution < 1.29 is 59.9 Å². The smallest absolute Gasteiger partial charge is 1.00 e. The molecule has 11 rings (SSSR count). The van der Waals surface area contributed by atoms with E-state index in [1.165, 1.54) is 82.5 Å². The molecule has 1 aliphatic carbocycles. The Morgan fingerprint density at radius 1 is 0.698 bits per heavy atom. The van der Waals surface area contributed by atoms with Gasteiger partial charge in [0.15, 0.2) is 11.4 Å². The van der Waals surface area contributed by atoms with Crippen molar-refractivity contribution in [2.75, 3.05) is 21.8 Å². The van der Waals surface area contributed by atoms with Crippen LogP contribution in [0.4, 0.5) is 35.9 Å². The number of hydrogen-bond donors (Lipinski definition) is 6. The van der Waals surface area contributed by atoms with Gasteiger partial charge in [-0.05, 0) is 165 Å². The first-order chi connectivity index (χ1) is 44.7. The first-order valence-electron chi connectivity index (χ1n) is 29.9. The fourth-order valence-electron chi connectivity index (χ4n) is 9.79.